The summed E-state index contributed by atoms with van der Waals surface area (Å²) in [7, 11) is 0. The van der Waals surface area contributed by atoms with E-state index in [9.17, 15) is 4.39 Å². The second kappa shape index (κ2) is 4.85. The van der Waals surface area contributed by atoms with E-state index >= 15 is 0 Å². The second-order valence-corrected chi connectivity index (χ2v) is 4.33. The molecule has 0 saturated carbocycles. The van der Waals surface area contributed by atoms with Gasteiger partial charge in [0, 0.05) is 4.47 Å². The highest BCUT2D eigenvalue weighted by molar-refractivity contribution is 9.10. The third-order valence-corrected chi connectivity index (χ3v) is 2.69. The molecule has 7 heteroatoms. The third-order valence-electron chi connectivity index (χ3n) is 1.90. The number of nitrogens with zero attached hydrogens (tertiary/aromatic N) is 2. The van der Waals surface area contributed by atoms with Gasteiger partial charge in [0.05, 0.1) is 0 Å². The number of aromatic nitrogens is 2. The summed E-state index contributed by atoms with van der Waals surface area (Å²) >= 11 is 8.90. The van der Waals surface area contributed by atoms with Crippen LogP contribution in [0.25, 0.3) is 0 Å². The first-order valence-corrected chi connectivity index (χ1v) is 5.64. The van der Waals surface area contributed by atoms with Crippen LogP contribution in [-0.2, 0) is 0 Å². The van der Waals surface area contributed by atoms with Crippen molar-refractivity contribution in [3.8, 4) is 11.6 Å². The fourth-order valence-corrected chi connectivity index (χ4v) is 1.56. The van der Waals surface area contributed by atoms with E-state index in [4.69, 9.17) is 22.1 Å². The Morgan fingerprint density at radius 3 is 2.88 bits per heavy atom. The lowest BCUT2D eigenvalue weighted by Crippen LogP contribution is -1.98. The summed E-state index contributed by atoms with van der Waals surface area (Å²) in [6, 6.07) is 4.28. The van der Waals surface area contributed by atoms with Crippen LogP contribution in [0.15, 0.2) is 29.0 Å². The van der Waals surface area contributed by atoms with Gasteiger partial charge in [-0.25, -0.2) is 9.37 Å². The van der Waals surface area contributed by atoms with Gasteiger partial charge in [-0.15, -0.1) is 0 Å². The molecular weight excluding hydrogens is 312 g/mol. The molecule has 17 heavy (non-hydrogen) atoms. The minimum Gasteiger partial charge on any atom is -0.434 e. The standard InChI is InChI=1S/C10H6BrClFN3O/c11-5-1-2-6(13)7(3-5)17-10-8(14)9(12)15-4-16-10/h1-4H,14H2. The normalized spacial score (nSPS) is 10.3. The predicted molar refractivity (Wildman–Crippen MR) is 65.6 cm³/mol. The lowest BCUT2D eigenvalue weighted by Gasteiger charge is -2.08. The zero-order valence-corrected chi connectivity index (χ0v) is 10.7. The van der Waals surface area contributed by atoms with E-state index in [2.05, 4.69) is 25.9 Å². The summed E-state index contributed by atoms with van der Waals surface area (Å²) in [5, 5.41) is 0.0606. The molecule has 0 spiro atoms. The largest absolute Gasteiger partial charge is 0.434 e. The fourth-order valence-electron chi connectivity index (χ4n) is 1.10. The highest BCUT2D eigenvalue weighted by atomic mass is 79.9. The van der Waals surface area contributed by atoms with E-state index in [0.717, 1.165) is 0 Å². The third kappa shape index (κ3) is 2.65. The number of ether oxygens (including phenoxy) is 1. The van der Waals surface area contributed by atoms with E-state index < -0.39 is 5.82 Å². The van der Waals surface area contributed by atoms with Crippen LogP contribution in [0, 0.1) is 5.82 Å². The molecule has 0 radical (unpaired) electrons. The fraction of sp³-hybridized carbons (Fsp3) is 0. The van der Waals surface area contributed by atoms with E-state index in [-0.39, 0.29) is 22.5 Å². The molecule has 1 aromatic carbocycles. The van der Waals surface area contributed by atoms with Gasteiger partial charge in [0.2, 0.25) is 5.88 Å². The van der Waals surface area contributed by atoms with Gasteiger partial charge in [0.15, 0.2) is 16.7 Å². The van der Waals surface area contributed by atoms with E-state index in [1.54, 1.807) is 6.07 Å². The predicted octanol–water partition coefficient (Wildman–Crippen LogP) is 3.41. The Bertz CT molecular complexity index is 567. The Morgan fingerprint density at radius 1 is 1.35 bits per heavy atom. The summed E-state index contributed by atoms with van der Waals surface area (Å²) in [6.45, 7) is 0. The molecule has 0 aliphatic rings. The first-order chi connectivity index (χ1) is 8.08. The SMILES string of the molecule is Nc1c(Cl)ncnc1Oc1cc(Br)ccc1F. The Labute approximate surface area is 110 Å². The molecular formula is C10H6BrClFN3O. The number of nitrogen functional groups attached to an aromatic ring is 1. The summed E-state index contributed by atoms with van der Waals surface area (Å²) < 4.78 is 19.3. The number of hydrogen-bond donors (Lipinski definition) is 1. The van der Waals surface area contributed by atoms with Gasteiger partial charge in [0.25, 0.3) is 0 Å². The van der Waals surface area contributed by atoms with Gasteiger partial charge < -0.3 is 10.5 Å². The van der Waals surface area contributed by atoms with Crippen molar-refractivity contribution in [1.29, 1.82) is 0 Å². The van der Waals surface area contributed by atoms with Gasteiger partial charge in [-0.2, -0.15) is 4.98 Å². The Balaban J connectivity index is 2.38. The van der Waals surface area contributed by atoms with Crippen LogP contribution in [0.5, 0.6) is 11.6 Å². The maximum absolute atomic E-state index is 13.4. The van der Waals surface area contributed by atoms with Crippen LogP contribution < -0.4 is 10.5 Å². The molecule has 0 atom stereocenters. The summed E-state index contributed by atoms with van der Waals surface area (Å²) in [6.07, 6.45) is 1.18. The van der Waals surface area contributed by atoms with Crippen molar-refractivity contribution in [2.24, 2.45) is 0 Å². The molecule has 2 aromatic rings. The average Bonchev–Trinajstić information content (AvgIpc) is 2.30. The molecule has 0 amide bonds. The summed E-state index contributed by atoms with van der Waals surface area (Å²) in [5.41, 5.74) is 5.67. The quantitative estimate of drug-likeness (QED) is 0.862. The topological polar surface area (TPSA) is 61.0 Å². The minimum absolute atomic E-state index is 0.000779. The van der Waals surface area contributed by atoms with Crippen molar-refractivity contribution in [2.45, 2.75) is 0 Å². The van der Waals surface area contributed by atoms with Crippen LogP contribution >= 0.6 is 27.5 Å². The van der Waals surface area contributed by atoms with Gasteiger partial charge >= 0.3 is 0 Å². The monoisotopic (exact) mass is 317 g/mol. The molecule has 0 aliphatic heterocycles. The molecule has 88 valence electrons. The Morgan fingerprint density at radius 2 is 2.12 bits per heavy atom. The summed E-state index contributed by atoms with van der Waals surface area (Å²) in [5.74, 6) is -0.509. The van der Waals surface area contributed by atoms with Crippen LogP contribution in [0.2, 0.25) is 5.15 Å². The van der Waals surface area contributed by atoms with Crippen LogP contribution in [0.3, 0.4) is 0 Å². The molecule has 0 aliphatic carbocycles. The van der Waals surface area contributed by atoms with Crippen LogP contribution in [0.4, 0.5) is 10.1 Å². The minimum atomic E-state index is -0.526. The number of hydrogen-bond acceptors (Lipinski definition) is 4. The van der Waals surface area contributed by atoms with Crippen LogP contribution in [-0.4, -0.2) is 9.97 Å². The van der Waals surface area contributed by atoms with Crippen molar-refractivity contribution < 1.29 is 9.13 Å². The van der Waals surface area contributed by atoms with E-state index in [1.165, 1.54) is 18.5 Å². The zero-order valence-electron chi connectivity index (χ0n) is 8.32. The lowest BCUT2D eigenvalue weighted by atomic mass is 10.3. The highest BCUT2D eigenvalue weighted by Crippen LogP contribution is 2.31. The van der Waals surface area contributed by atoms with Crippen molar-refractivity contribution in [1.82, 2.24) is 9.97 Å². The molecule has 1 heterocycles. The molecule has 2 N–H and O–H groups in total. The van der Waals surface area contributed by atoms with Gasteiger partial charge in [-0.1, -0.05) is 27.5 Å². The number of halogens is 3. The summed E-state index contributed by atoms with van der Waals surface area (Å²) in [4.78, 5) is 7.45. The number of rotatable bonds is 2. The van der Waals surface area contributed by atoms with Crippen molar-refractivity contribution in [3.63, 3.8) is 0 Å². The molecule has 4 nitrogen and oxygen atoms in total. The molecule has 0 saturated heterocycles. The Kier molecular flexibility index (Phi) is 3.44. The molecule has 0 bridgehead atoms. The Hall–Kier alpha value is -1.40. The molecule has 0 fully saturated rings. The van der Waals surface area contributed by atoms with E-state index in [1.807, 2.05) is 0 Å². The molecule has 1 aromatic heterocycles. The first-order valence-electron chi connectivity index (χ1n) is 4.47. The lowest BCUT2D eigenvalue weighted by molar-refractivity contribution is 0.428. The molecule has 2 rings (SSSR count). The number of nitrogens with two attached hydrogens (primary N) is 1. The zero-order chi connectivity index (χ0) is 12.4. The van der Waals surface area contributed by atoms with Gasteiger partial charge in [-0.3, -0.25) is 0 Å². The van der Waals surface area contributed by atoms with E-state index in [0.29, 0.717) is 4.47 Å². The maximum Gasteiger partial charge on any atom is 0.247 e. The number of benzene rings is 1. The average molecular weight is 319 g/mol. The van der Waals surface area contributed by atoms with Gasteiger partial charge in [0.1, 0.15) is 12.0 Å². The molecule has 0 unspecified atom stereocenters. The van der Waals surface area contributed by atoms with Crippen LogP contribution in [0.1, 0.15) is 0 Å². The highest BCUT2D eigenvalue weighted by Gasteiger charge is 2.11. The first kappa shape index (κ1) is 12.1. The van der Waals surface area contributed by atoms with Crippen molar-refractivity contribution in [2.75, 3.05) is 5.73 Å². The van der Waals surface area contributed by atoms with Gasteiger partial charge in [-0.05, 0) is 18.2 Å². The van der Waals surface area contributed by atoms with Crippen molar-refractivity contribution in [3.05, 3.63) is 40.0 Å². The van der Waals surface area contributed by atoms with Crippen molar-refractivity contribution >= 4 is 33.2 Å². The maximum atomic E-state index is 13.4. The number of anilines is 1. The second-order valence-electron chi connectivity index (χ2n) is 3.06. The smallest absolute Gasteiger partial charge is 0.247 e.